The van der Waals surface area contributed by atoms with E-state index in [1.807, 2.05) is 0 Å². The van der Waals surface area contributed by atoms with E-state index in [-0.39, 0.29) is 24.8 Å². The molecule has 2 rings (SSSR count). The molecule has 0 amide bonds. The maximum Gasteiger partial charge on any atom is 0.0471 e. The van der Waals surface area contributed by atoms with Gasteiger partial charge < -0.3 is 20.8 Å². The Balaban J connectivity index is 0. The van der Waals surface area contributed by atoms with Crippen LogP contribution in [0.3, 0.4) is 0 Å². The molecule has 2 fully saturated rings. The predicted octanol–water partition coefficient (Wildman–Crippen LogP) is 0.797. The first-order valence-corrected chi connectivity index (χ1v) is 6.34. The standard InChI is InChI=1S/2C6H13NO.2ClH/c2*1-5-2-6(4-8)3-7-5;;/h2*5-8H,2-4H2,1H3;2*1H/t2*5-,6-;;/m10../s1. The van der Waals surface area contributed by atoms with Gasteiger partial charge in [0.1, 0.15) is 0 Å². The van der Waals surface area contributed by atoms with Gasteiger partial charge in [-0.2, -0.15) is 0 Å². The molecule has 2 aliphatic heterocycles. The van der Waals surface area contributed by atoms with Gasteiger partial charge in [0, 0.05) is 38.4 Å². The van der Waals surface area contributed by atoms with Gasteiger partial charge in [0.15, 0.2) is 0 Å². The van der Waals surface area contributed by atoms with E-state index in [0.29, 0.717) is 37.1 Å². The zero-order valence-electron chi connectivity index (χ0n) is 11.3. The molecule has 0 aromatic carbocycles. The van der Waals surface area contributed by atoms with Crippen molar-refractivity contribution in [2.45, 2.75) is 38.8 Å². The average molecular weight is 303 g/mol. The zero-order chi connectivity index (χ0) is 12.0. The Morgan fingerprint density at radius 2 is 1.17 bits per heavy atom. The molecule has 4 atom stereocenters. The van der Waals surface area contributed by atoms with Crippen molar-refractivity contribution in [3.8, 4) is 0 Å². The van der Waals surface area contributed by atoms with Crippen molar-refractivity contribution in [1.82, 2.24) is 10.6 Å². The Kier molecular flexibility index (Phi) is 13.0. The highest BCUT2D eigenvalue weighted by atomic mass is 35.5. The molecule has 0 aromatic heterocycles. The summed E-state index contributed by atoms with van der Waals surface area (Å²) >= 11 is 0. The lowest BCUT2D eigenvalue weighted by Gasteiger charge is -1.99. The summed E-state index contributed by atoms with van der Waals surface area (Å²) in [6.45, 7) is 6.98. The quantitative estimate of drug-likeness (QED) is 0.609. The third-order valence-electron chi connectivity index (χ3n) is 3.40. The minimum Gasteiger partial charge on any atom is -0.396 e. The van der Waals surface area contributed by atoms with Crippen LogP contribution in [-0.2, 0) is 0 Å². The molecule has 4 N–H and O–H groups in total. The van der Waals surface area contributed by atoms with Crippen LogP contribution in [0.15, 0.2) is 0 Å². The fourth-order valence-electron chi connectivity index (χ4n) is 2.35. The first-order chi connectivity index (χ1) is 7.65. The van der Waals surface area contributed by atoms with Crippen LogP contribution in [0.4, 0.5) is 0 Å². The van der Waals surface area contributed by atoms with Crippen LogP contribution >= 0.6 is 24.8 Å². The molecule has 18 heavy (non-hydrogen) atoms. The monoisotopic (exact) mass is 302 g/mol. The van der Waals surface area contributed by atoms with Gasteiger partial charge >= 0.3 is 0 Å². The largest absolute Gasteiger partial charge is 0.396 e. The summed E-state index contributed by atoms with van der Waals surface area (Å²) in [6.07, 6.45) is 2.27. The lowest BCUT2D eigenvalue weighted by atomic mass is 10.1. The summed E-state index contributed by atoms with van der Waals surface area (Å²) in [5, 5.41) is 23.8. The molecule has 4 nitrogen and oxygen atoms in total. The van der Waals surface area contributed by atoms with Gasteiger partial charge in [0.2, 0.25) is 0 Å². The van der Waals surface area contributed by atoms with Crippen molar-refractivity contribution in [1.29, 1.82) is 0 Å². The number of hydrogen-bond acceptors (Lipinski definition) is 4. The molecule has 2 aliphatic rings. The molecule has 2 saturated heterocycles. The second-order valence-electron chi connectivity index (χ2n) is 5.19. The van der Waals surface area contributed by atoms with Crippen molar-refractivity contribution < 1.29 is 10.2 Å². The van der Waals surface area contributed by atoms with Gasteiger partial charge in [-0.15, -0.1) is 24.8 Å². The van der Waals surface area contributed by atoms with Crippen LogP contribution in [0.2, 0.25) is 0 Å². The third-order valence-corrected chi connectivity index (χ3v) is 3.40. The number of aliphatic hydroxyl groups is 2. The summed E-state index contributed by atoms with van der Waals surface area (Å²) in [7, 11) is 0. The number of aliphatic hydroxyl groups excluding tert-OH is 2. The van der Waals surface area contributed by atoms with E-state index in [4.69, 9.17) is 10.2 Å². The van der Waals surface area contributed by atoms with E-state index in [9.17, 15) is 0 Å². The van der Waals surface area contributed by atoms with Gasteiger partial charge in [0.05, 0.1) is 0 Å². The van der Waals surface area contributed by atoms with Gasteiger partial charge in [-0.3, -0.25) is 0 Å². The van der Waals surface area contributed by atoms with Crippen LogP contribution in [0.5, 0.6) is 0 Å². The number of halogens is 2. The van der Waals surface area contributed by atoms with Crippen LogP contribution < -0.4 is 10.6 Å². The van der Waals surface area contributed by atoms with Crippen LogP contribution in [0.25, 0.3) is 0 Å². The minimum absolute atomic E-state index is 0. The first kappa shape index (κ1) is 20.7. The smallest absolute Gasteiger partial charge is 0.0471 e. The third kappa shape index (κ3) is 7.77. The molecule has 0 aliphatic carbocycles. The maximum atomic E-state index is 8.64. The predicted molar refractivity (Wildman–Crippen MR) is 79.8 cm³/mol. The van der Waals surface area contributed by atoms with Gasteiger partial charge in [-0.05, 0) is 38.5 Å². The van der Waals surface area contributed by atoms with E-state index in [1.54, 1.807) is 0 Å². The molecule has 6 heteroatoms. The number of hydrogen-bond donors (Lipinski definition) is 4. The molecule has 112 valence electrons. The Morgan fingerprint density at radius 3 is 1.28 bits per heavy atom. The Morgan fingerprint density at radius 1 is 0.833 bits per heavy atom. The Hall–Kier alpha value is 0.420. The van der Waals surface area contributed by atoms with Crippen molar-refractivity contribution in [2.24, 2.45) is 11.8 Å². The lowest BCUT2D eigenvalue weighted by molar-refractivity contribution is 0.236. The topological polar surface area (TPSA) is 64.5 Å². The summed E-state index contributed by atoms with van der Waals surface area (Å²) in [5.41, 5.74) is 0. The second kappa shape index (κ2) is 11.3. The van der Waals surface area contributed by atoms with E-state index in [0.717, 1.165) is 25.9 Å². The van der Waals surface area contributed by atoms with E-state index in [2.05, 4.69) is 24.5 Å². The van der Waals surface area contributed by atoms with E-state index in [1.165, 1.54) is 0 Å². The highest BCUT2D eigenvalue weighted by Crippen LogP contribution is 2.11. The van der Waals surface area contributed by atoms with Crippen LogP contribution in [0.1, 0.15) is 26.7 Å². The number of rotatable bonds is 2. The SMILES string of the molecule is C[C@@H]1C[C@@H](CO)CN1.C[C@H]1C[C@H](CO)CN1.Cl.Cl. The van der Waals surface area contributed by atoms with Crippen molar-refractivity contribution >= 4 is 24.8 Å². The molecular weight excluding hydrogens is 275 g/mol. The normalized spacial score (nSPS) is 34.0. The van der Waals surface area contributed by atoms with Crippen molar-refractivity contribution in [2.75, 3.05) is 26.3 Å². The summed E-state index contributed by atoms with van der Waals surface area (Å²) < 4.78 is 0. The first-order valence-electron chi connectivity index (χ1n) is 6.34. The van der Waals surface area contributed by atoms with Gasteiger partial charge in [-0.25, -0.2) is 0 Å². The molecular formula is C12H28Cl2N2O2. The Labute approximate surface area is 123 Å². The van der Waals surface area contributed by atoms with E-state index >= 15 is 0 Å². The molecule has 0 saturated carbocycles. The molecule has 0 bridgehead atoms. The molecule has 2 heterocycles. The van der Waals surface area contributed by atoms with Gasteiger partial charge in [0.25, 0.3) is 0 Å². The fourth-order valence-corrected chi connectivity index (χ4v) is 2.35. The van der Waals surface area contributed by atoms with Gasteiger partial charge in [-0.1, -0.05) is 0 Å². The molecule has 0 aromatic rings. The van der Waals surface area contributed by atoms with Crippen molar-refractivity contribution in [3.05, 3.63) is 0 Å². The highest BCUT2D eigenvalue weighted by molar-refractivity contribution is 5.85. The van der Waals surface area contributed by atoms with E-state index < -0.39 is 0 Å². The van der Waals surface area contributed by atoms with Crippen molar-refractivity contribution in [3.63, 3.8) is 0 Å². The second-order valence-corrected chi connectivity index (χ2v) is 5.19. The summed E-state index contributed by atoms with van der Waals surface area (Å²) in [4.78, 5) is 0. The summed E-state index contributed by atoms with van der Waals surface area (Å²) in [6, 6.07) is 1.24. The highest BCUT2D eigenvalue weighted by Gasteiger charge is 2.19. The molecule has 0 spiro atoms. The molecule has 0 unspecified atom stereocenters. The Bertz CT molecular complexity index is 179. The van der Waals surface area contributed by atoms with Crippen LogP contribution in [-0.4, -0.2) is 48.6 Å². The minimum atomic E-state index is 0. The zero-order valence-corrected chi connectivity index (χ0v) is 12.9. The lowest BCUT2D eigenvalue weighted by Crippen LogP contribution is -2.17. The fraction of sp³-hybridized carbons (Fsp3) is 1.00. The maximum absolute atomic E-state index is 8.64. The van der Waals surface area contributed by atoms with Crippen LogP contribution in [0, 0.1) is 11.8 Å². The molecule has 0 radical (unpaired) electrons. The summed E-state index contributed by atoms with van der Waals surface area (Å²) in [5.74, 6) is 1.04. The average Bonchev–Trinajstić information content (AvgIpc) is 2.88. The number of nitrogens with one attached hydrogen (secondary N) is 2.